The molecule has 0 spiro atoms. The molecular formula is C37H42N8O5. The van der Waals surface area contributed by atoms with E-state index in [1.165, 1.54) is 20.3 Å². The van der Waals surface area contributed by atoms with Gasteiger partial charge in [-0.2, -0.15) is 4.68 Å². The number of pyridine rings is 1. The maximum atomic E-state index is 12.0. The van der Waals surface area contributed by atoms with Gasteiger partial charge in [-0.25, -0.2) is 4.98 Å². The van der Waals surface area contributed by atoms with Crippen LogP contribution in [-0.4, -0.2) is 57.1 Å². The van der Waals surface area contributed by atoms with Crippen LogP contribution >= 0.6 is 0 Å². The highest BCUT2D eigenvalue weighted by Gasteiger charge is 2.34. The fraction of sp³-hybridized carbons (Fsp3) is 0.351. The second kappa shape index (κ2) is 15.5. The van der Waals surface area contributed by atoms with E-state index in [0.29, 0.717) is 35.8 Å². The average molecular weight is 679 g/mol. The zero-order valence-electron chi connectivity index (χ0n) is 28.9. The molecule has 0 bridgehead atoms. The minimum Gasteiger partial charge on any atom is -0.362 e. The Bertz CT molecular complexity index is 1930. The number of nitro groups is 1. The molecule has 3 aromatic carbocycles. The normalized spacial score (nSPS) is 14.5. The summed E-state index contributed by atoms with van der Waals surface area (Å²) in [6.45, 7) is 7.17. The Kier molecular flexibility index (Phi) is 10.8. The van der Waals surface area contributed by atoms with E-state index in [0.717, 1.165) is 53.0 Å². The van der Waals surface area contributed by atoms with Gasteiger partial charge in [0.25, 0.3) is 5.69 Å². The van der Waals surface area contributed by atoms with Crippen LogP contribution in [0.3, 0.4) is 0 Å². The highest BCUT2D eigenvalue weighted by molar-refractivity contribution is 5.84. The lowest BCUT2D eigenvalue weighted by atomic mass is 9.98. The zero-order chi connectivity index (χ0) is 35.2. The zero-order valence-corrected chi connectivity index (χ0v) is 28.9. The van der Waals surface area contributed by atoms with Crippen LogP contribution in [0.25, 0.3) is 33.6 Å². The summed E-state index contributed by atoms with van der Waals surface area (Å²) in [4.78, 5) is 19.0. The maximum Gasteiger partial charge on any atom is 0.277 e. The Balaban J connectivity index is 1.36. The fourth-order valence-electron chi connectivity index (χ4n) is 6.48. The van der Waals surface area contributed by atoms with Gasteiger partial charge in [0.15, 0.2) is 17.9 Å². The summed E-state index contributed by atoms with van der Waals surface area (Å²) < 4.78 is 18.8. The number of anilines is 2. The van der Waals surface area contributed by atoms with Gasteiger partial charge in [0.05, 0.1) is 16.2 Å². The number of hydrogen-bond donors (Lipinski definition) is 1. The van der Waals surface area contributed by atoms with E-state index in [4.69, 9.17) is 19.2 Å². The van der Waals surface area contributed by atoms with Gasteiger partial charge in [0.2, 0.25) is 6.29 Å². The molecule has 0 saturated carbocycles. The number of tetrazole rings is 1. The molecule has 2 aromatic heterocycles. The van der Waals surface area contributed by atoms with Gasteiger partial charge in [-0.1, -0.05) is 74.0 Å². The molecule has 0 fully saturated rings. The van der Waals surface area contributed by atoms with Gasteiger partial charge in [0.1, 0.15) is 11.9 Å². The van der Waals surface area contributed by atoms with E-state index in [1.54, 1.807) is 22.9 Å². The van der Waals surface area contributed by atoms with E-state index < -0.39 is 6.29 Å². The number of fused-ring (bicyclic) bond motifs is 1. The van der Waals surface area contributed by atoms with Crippen molar-refractivity contribution in [3.05, 3.63) is 100 Å². The number of benzene rings is 3. The van der Waals surface area contributed by atoms with Crippen LogP contribution < -0.4 is 10.2 Å². The fourth-order valence-corrected chi connectivity index (χ4v) is 6.48. The predicted molar refractivity (Wildman–Crippen MR) is 191 cm³/mol. The third kappa shape index (κ3) is 6.93. The molecule has 260 valence electrons. The van der Waals surface area contributed by atoms with Crippen molar-refractivity contribution in [1.29, 1.82) is 0 Å². The number of ether oxygens (including phenoxy) is 3. The number of rotatable bonds is 15. The monoisotopic (exact) mass is 678 g/mol. The van der Waals surface area contributed by atoms with E-state index >= 15 is 0 Å². The first-order valence-corrected chi connectivity index (χ1v) is 16.8. The molecule has 2 unspecified atom stereocenters. The van der Waals surface area contributed by atoms with Crippen molar-refractivity contribution in [2.45, 2.75) is 65.3 Å². The first kappa shape index (κ1) is 34.6. The minimum absolute atomic E-state index is 0.0131. The molecule has 0 amide bonds. The van der Waals surface area contributed by atoms with Gasteiger partial charge >= 0.3 is 0 Å². The number of para-hydroxylation sites is 1. The second-order valence-electron chi connectivity index (χ2n) is 12.0. The molecule has 1 aliphatic heterocycles. The molecule has 1 N–H and O–H groups in total. The SMILES string of the molecule is CCCCC1Nc2cc(-c3ccccc3[N+](=O)[O-])c(C(OC)OC)nc2N1Cc1ccc(-c2ccccc2-c2nnnn2C(C)OCC)cc1. The lowest BCUT2D eigenvalue weighted by Crippen LogP contribution is -2.35. The smallest absolute Gasteiger partial charge is 0.277 e. The van der Waals surface area contributed by atoms with Crippen molar-refractivity contribution in [1.82, 2.24) is 25.2 Å². The van der Waals surface area contributed by atoms with Gasteiger partial charge in [-0.15, -0.1) is 5.10 Å². The number of methoxy groups -OCH3 is 2. The predicted octanol–water partition coefficient (Wildman–Crippen LogP) is 7.77. The number of nitrogens with one attached hydrogen (secondary N) is 1. The number of unbranched alkanes of at least 4 members (excludes halogenated alkanes) is 1. The van der Waals surface area contributed by atoms with Crippen LogP contribution in [0.1, 0.15) is 63.8 Å². The first-order chi connectivity index (χ1) is 24.4. The molecule has 1 aliphatic rings. The molecule has 5 aromatic rings. The Hall–Kier alpha value is -5.24. The van der Waals surface area contributed by atoms with Crippen LogP contribution in [0.2, 0.25) is 0 Å². The Morgan fingerprint density at radius 2 is 1.64 bits per heavy atom. The van der Waals surface area contributed by atoms with Crippen molar-refractivity contribution in [3.63, 3.8) is 0 Å². The summed E-state index contributed by atoms with van der Waals surface area (Å²) >= 11 is 0. The van der Waals surface area contributed by atoms with Crippen molar-refractivity contribution in [3.8, 4) is 33.6 Å². The number of hydrogen-bond acceptors (Lipinski definition) is 11. The largest absolute Gasteiger partial charge is 0.362 e. The summed E-state index contributed by atoms with van der Waals surface area (Å²) in [6.07, 6.45) is 1.78. The van der Waals surface area contributed by atoms with E-state index in [1.807, 2.05) is 38.1 Å². The molecule has 3 heterocycles. The summed E-state index contributed by atoms with van der Waals surface area (Å²) in [5.74, 6) is 1.38. The number of nitrogens with zero attached hydrogens (tertiary/aromatic N) is 7. The first-order valence-electron chi connectivity index (χ1n) is 16.8. The molecule has 13 nitrogen and oxygen atoms in total. The van der Waals surface area contributed by atoms with Gasteiger partial charge in [0, 0.05) is 44.6 Å². The maximum absolute atomic E-state index is 12.0. The van der Waals surface area contributed by atoms with E-state index in [-0.39, 0.29) is 23.0 Å². The standard InChI is InChI=1S/C37H42N8O5/c1-6-8-17-33-38-31-22-30(28-14-11-12-16-32(28)45(46)47)34(37(48-4)49-5)39-36(31)43(33)23-25-18-20-26(21-19-25)27-13-9-10-15-29(27)35-40-41-42-44(35)24(3)50-7-2/h9-16,18-22,24,33,37-38H,6-8,17,23H2,1-5H3. The third-order valence-electron chi connectivity index (χ3n) is 8.91. The Morgan fingerprint density at radius 1 is 0.940 bits per heavy atom. The van der Waals surface area contributed by atoms with Crippen molar-refractivity contribution in [2.24, 2.45) is 0 Å². The average Bonchev–Trinajstić information content (AvgIpc) is 3.76. The molecule has 13 heteroatoms. The number of nitro benzene ring substituents is 1. The third-order valence-corrected chi connectivity index (χ3v) is 8.91. The summed E-state index contributed by atoms with van der Waals surface area (Å²) in [5, 5.41) is 28.2. The van der Waals surface area contributed by atoms with E-state index in [9.17, 15) is 10.1 Å². The summed E-state index contributed by atoms with van der Waals surface area (Å²) in [6, 6.07) is 25.2. The molecule has 50 heavy (non-hydrogen) atoms. The van der Waals surface area contributed by atoms with Crippen LogP contribution in [-0.2, 0) is 20.8 Å². The van der Waals surface area contributed by atoms with E-state index in [2.05, 4.69) is 63.0 Å². The molecule has 0 saturated heterocycles. The van der Waals surface area contributed by atoms with Crippen LogP contribution in [0.4, 0.5) is 17.2 Å². The van der Waals surface area contributed by atoms with Crippen LogP contribution in [0.15, 0.2) is 78.9 Å². The van der Waals surface area contributed by atoms with Crippen molar-refractivity contribution in [2.75, 3.05) is 31.0 Å². The lowest BCUT2D eigenvalue weighted by Gasteiger charge is -2.27. The Morgan fingerprint density at radius 3 is 2.32 bits per heavy atom. The van der Waals surface area contributed by atoms with Crippen LogP contribution in [0.5, 0.6) is 0 Å². The second-order valence-corrected chi connectivity index (χ2v) is 12.0. The topological polar surface area (TPSA) is 143 Å². The molecular weight excluding hydrogens is 636 g/mol. The van der Waals surface area contributed by atoms with Crippen LogP contribution in [0, 0.1) is 10.1 Å². The van der Waals surface area contributed by atoms with Gasteiger partial charge in [-0.05, 0) is 65.9 Å². The number of aromatic nitrogens is 5. The molecule has 0 radical (unpaired) electrons. The minimum atomic E-state index is -0.830. The summed E-state index contributed by atoms with van der Waals surface area (Å²) in [5.41, 5.74) is 6.33. The molecule has 2 atom stereocenters. The van der Waals surface area contributed by atoms with Crippen molar-refractivity contribution < 1.29 is 19.1 Å². The highest BCUT2D eigenvalue weighted by atomic mass is 16.7. The molecule has 6 rings (SSSR count). The Labute approximate surface area is 291 Å². The lowest BCUT2D eigenvalue weighted by molar-refractivity contribution is -0.384. The van der Waals surface area contributed by atoms with Crippen molar-refractivity contribution >= 4 is 17.2 Å². The highest BCUT2D eigenvalue weighted by Crippen LogP contribution is 2.44. The quantitative estimate of drug-likeness (QED) is 0.0659. The molecule has 0 aliphatic carbocycles. The van der Waals surface area contributed by atoms with Gasteiger partial charge < -0.3 is 24.4 Å². The summed E-state index contributed by atoms with van der Waals surface area (Å²) in [7, 11) is 3.07. The van der Waals surface area contributed by atoms with Gasteiger partial charge in [-0.3, -0.25) is 10.1 Å².